The lowest BCUT2D eigenvalue weighted by Gasteiger charge is -2.20. The molecule has 2 bridgehead atoms. The molecular formula is C16H16ClN3O2S. The van der Waals surface area contributed by atoms with E-state index in [9.17, 15) is 4.79 Å². The Morgan fingerprint density at radius 2 is 2.35 bits per heavy atom. The molecule has 2 saturated heterocycles. The fourth-order valence-corrected chi connectivity index (χ4v) is 4.14. The van der Waals surface area contributed by atoms with Gasteiger partial charge in [-0.2, -0.15) is 0 Å². The van der Waals surface area contributed by atoms with E-state index in [1.165, 1.54) is 17.8 Å². The lowest BCUT2D eigenvalue weighted by atomic mass is 9.95. The highest BCUT2D eigenvalue weighted by molar-refractivity contribution is 7.15. The molecule has 120 valence electrons. The van der Waals surface area contributed by atoms with Crippen molar-refractivity contribution in [1.29, 1.82) is 0 Å². The number of hydrogen-bond donors (Lipinski definition) is 2. The number of hydrogen-bond acceptors (Lipinski definition) is 5. The van der Waals surface area contributed by atoms with Crippen LogP contribution in [0.1, 0.15) is 29.1 Å². The van der Waals surface area contributed by atoms with Gasteiger partial charge in [0.15, 0.2) is 5.01 Å². The summed E-state index contributed by atoms with van der Waals surface area (Å²) >= 11 is 7.17. The number of thiazole rings is 1. The number of ether oxygens (including phenoxy) is 1. The van der Waals surface area contributed by atoms with Crippen molar-refractivity contribution in [3.8, 4) is 10.8 Å². The van der Waals surface area contributed by atoms with Crippen molar-refractivity contribution in [2.75, 3.05) is 0 Å². The molecule has 5 nitrogen and oxygen atoms in total. The van der Waals surface area contributed by atoms with Crippen molar-refractivity contribution in [3.63, 3.8) is 0 Å². The lowest BCUT2D eigenvalue weighted by molar-refractivity contribution is 0.0930. The highest BCUT2D eigenvalue weighted by Gasteiger charge is 2.39. The highest BCUT2D eigenvalue weighted by atomic mass is 35.5. The summed E-state index contributed by atoms with van der Waals surface area (Å²) in [7, 11) is 0. The van der Waals surface area contributed by atoms with Gasteiger partial charge in [0.05, 0.1) is 6.20 Å². The van der Waals surface area contributed by atoms with Gasteiger partial charge in [0.1, 0.15) is 5.75 Å². The summed E-state index contributed by atoms with van der Waals surface area (Å²) in [4.78, 5) is 16.5. The Labute approximate surface area is 143 Å². The first-order valence-electron chi connectivity index (χ1n) is 7.63. The van der Waals surface area contributed by atoms with E-state index >= 15 is 0 Å². The third-order valence-electron chi connectivity index (χ3n) is 4.31. The Balaban J connectivity index is 1.40. The Bertz CT molecular complexity index is 736. The van der Waals surface area contributed by atoms with Crippen molar-refractivity contribution in [2.45, 2.75) is 37.4 Å². The predicted molar refractivity (Wildman–Crippen MR) is 89.5 cm³/mol. The summed E-state index contributed by atoms with van der Waals surface area (Å²) in [6.45, 7) is 0. The molecular weight excluding hydrogens is 334 g/mol. The summed E-state index contributed by atoms with van der Waals surface area (Å²) in [6.07, 6.45) is 4.93. The average molecular weight is 350 g/mol. The molecule has 3 atom stereocenters. The molecule has 2 fully saturated rings. The second-order valence-corrected chi connectivity index (χ2v) is 7.34. The number of amides is 1. The maximum Gasteiger partial charge on any atom is 0.280 e. The zero-order chi connectivity index (χ0) is 15.8. The van der Waals surface area contributed by atoms with Crippen LogP contribution in [-0.4, -0.2) is 29.0 Å². The van der Waals surface area contributed by atoms with E-state index in [4.69, 9.17) is 16.3 Å². The maximum atomic E-state index is 12.3. The van der Waals surface area contributed by atoms with E-state index in [1.807, 2.05) is 12.1 Å². The zero-order valence-corrected chi connectivity index (χ0v) is 13.9. The number of fused-ring (bicyclic) bond motifs is 2. The van der Waals surface area contributed by atoms with Crippen molar-refractivity contribution in [1.82, 2.24) is 15.6 Å². The molecule has 4 rings (SSSR count). The van der Waals surface area contributed by atoms with Gasteiger partial charge < -0.3 is 15.4 Å². The summed E-state index contributed by atoms with van der Waals surface area (Å²) in [5, 5.41) is 8.19. The summed E-state index contributed by atoms with van der Waals surface area (Å²) in [6, 6.07) is 8.31. The number of benzene rings is 1. The second-order valence-electron chi connectivity index (χ2n) is 5.91. The monoisotopic (exact) mass is 349 g/mol. The third-order valence-corrected chi connectivity index (χ3v) is 5.42. The number of carbonyl (C=O) groups is 1. The lowest BCUT2D eigenvalue weighted by Crippen LogP contribution is -2.42. The normalized spacial score (nSPS) is 25.5. The van der Waals surface area contributed by atoms with Crippen LogP contribution in [0.2, 0.25) is 5.02 Å². The molecule has 0 aliphatic carbocycles. The van der Waals surface area contributed by atoms with Crippen LogP contribution >= 0.6 is 22.9 Å². The minimum absolute atomic E-state index is 0.129. The van der Waals surface area contributed by atoms with Gasteiger partial charge in [-0.3, -0.25) is 4.79 Å². The maximum absolute atomic E-state index is 12.3. The zero-order valence-electron chi connectivity index (χ0n) is 12.3. The highest BCUT2D eigenvalue weighted by Crippen LogP contribution is 2.31. The van der Waals surface area contributed by atoms with Gasteiger partial charge in [0, 0.05) is 23.1 Å². The molecule has 0 saturated carbocycles. The van der Waals surface area contributed by atoms with Gasteiger partial charge in [-0.15, -0.1) is 0 Å². The van der Waals surface area contributed by atoms with Gasteiger partial charge >= 0.3 is 0 Å². The van der Waals surface area contributed by atoms with Gasteiger partial charge in [-0.25, -0.2) is 4.98 Å². The van der Waals surface area contributed by atoms with Crippen LogP contribution in [0.3, 0.4) is 0 Å². The van der Waals surface area contributed by atoms with E-state index in [1.54, 1.807) is 18.3 Å². The van der Waals surface area contributed by atoms with Crippen LogP contribution in [-0.2, 0) is 0 Å². The molecule has 1 aromatic carbocycles. The summed E-state index contributed by atoms with van der Waals surface area (Å²) in [5.74, 6) is 0.501. The molecule has 2 aliphatic heterocycles. The van der Waals surface area contributed by atoms with Gasteiger partial charge in [0.2, 0.25) is 5.06 Å². The number of nitrogens with one attached hydrogen (secondary N) is 2. The van der Waals surface area contributed by atoms with Crippen molar-refractivity contribution in [2.24, 2.45) is 0 Å². The predicted octanol–water partition coefficient (Wildman–Crippen LogP) is 3.21. The molecule has 7 heteroatoms. The first-order valence-corrected chi connectivity index (χ1v) is 8.83. The molecule has 2 aliphatic rings. The molecule has 2 aromatic rings. The van der Waals surface area contributed by atoms with Gasteiger partial charge in [-0.1, -0.05) is 29.0 Å². The number of rotatable bonds is 4. The van der Waals surface area contributed by atoms with Crippen LogP contribution in [0.15, 0.2) is 30.5 Å². The Morgan fingerprint density at radius 1 is 1.43 bits per heavy atom. The van der Waals surface area contributed by atoms with E-state index in [0.29, 0.717) is 32.9 Å². The third kappa shape index (κ3) is 3.20. The largest absolute Gasteiger partial charge is 0.445 e. The van der Waals surface area contributed by atoms with E-state index in [0.717, 1.165) is 12.8 Å². The molecule has 1 aromatic heterocycles. The van der Waals surface area contributed by atoms with Crippen molar-refractivity contribution < 1.29 is 9.53 Å². The molecule has 0 unspecified atom stereocenters. The fraction of sp³-hybridized carbons (Fsp3) is 0.375. The minimum Gasteiger partial charge on any atom is -0.445 e. The summed E-state index contributed by atoms with van der Waals surface area (Å²) in [5.41, 5.74) is 0. The number of aromatic nitrogens is 1. The van der Waals surface area contributed by atoms with Crippen LogP contribution in [0.4, 0.5) is 0 Å². The van der Waals surface area contributed by atoms with Crippen LogP contribution in [0, 0.1) is 0 Å². The van der Waals surface area contributed by atoms with Gasteiger partial charge in [0.25, 0.3) is 5.91 Å². The van der Waals surface area contributed by atoms with Crippen LogP contribution in [0.25, 0.3) is 0 Å². The Kier molecular flexibility index (Phi) is 3.97. The summed E-state index contributed by atoms with van der Waals surface area (Å²) < 4.78 is 5.69. The van der Waals surface area contributed by atoms with E-state index in [2.05, 4.69) is 15.6 Å². The molecule has 1 amide bonds. The smallest absolute Gasteiger partial charge is 0.280 e. The fourth-order valence-electron chi connectivity index (χ4n) is 3.27. The van der Waals surface area contributed by atoms with Crippen molar-refractivity contribution >= 4 is 28.8 Å². The first kappa shape index (κ1) is 14.9. The standard InChI is InChI=1S/C16H16ClN3O2S/c17-9-2-1-3-11(6-9)22-14-8-18-16(23-14)15(21)20-13-7-10-4-5-12(13)19-10/h1-3,6,8,10,12-13,19H,4-5,7H2,(H,20,21)/t10-,12+,13-/m1/s1. The molecule has 2 N–H and O–H groups in total. The molecule has 0 spiro atoms. The number of nitrogens with zero attached hydrogens (tertiary/aromatic N) is 1. The molecule has 23 heavy (non-hydrogen) atoms. The Hall–Kier alpha value is -1.63. The molecule has 0 radical (unpaired) electrons. The van der Waals surface area contributed by atoms with E-state index < -0.39 is 0 Å². The van der Waals surface area contributed by atoms with Crippen LogP contribution < -0.4 is 15.4 Å². The SMILES string of the molecule is O=C(N[C@@H]1C[C@H]2CC[C@@H]1N2)c1ncc(Oc2cccc(Cl)c2)s1. The van der Waals surface area contributed by atoms with Crippen molar-refractivity contribution in [3.05, 3.63) is 40.5 Å². The Morgan fingerprint density at radius 3 is 3.09 bits per heavy atom. The van der Waals surface area contributed by atoms with E-state index in [-0.39, 0.29) is 11.9 Å². The van der Waals surface area contributed by atoms with Crippen LogP contribution in [0.5, 0.6) is 10.8 Å². The minimum atomic E-state index is -0.129. The average Bonchev–Trinajstić information content (AvgIpc) is 3.23. The first-order chi connectivity index (χ1) is 11.2. The quantitative estimate of drug-likeness (QED) is 0.889. The second kappa shape index (κ2) is 6.11. The number of halogens is 1. The topological polar surface area (TPSA) is 63.2 Å². The van der Waals surface area contributed by atoms with Gasteiger partial charge in [-0.05, 0) is 37.5 Å². The molecule has 3 heterocycles. The number of carbonyl (C=O) groups excluding carboxylic acids is 1.